The van der Waals surface area contributed by atoms with Gasteiger partial charge in [0.2, 0.25) is 0 Å². The first-order valence-electron chi connectivity index (χ1n) is 6.55. The lowest BCUT2D eigenvalue weighted by atomic mass is 10.2. The van der Waals surface area contributed by atoms with E-state index < -0.39 is 0 Å². The Labute approximate surface area is 118 Å². The van der Waals surface area contributed by atoms with Crippen LogP contribution in [0.4, 0.5) is 11.6 Å². The lowest BCUT2D eigenvalue weighted by molar-refractivity contribution is 0.271. The summed E-state index contributed by atoms with van der Waals surface area (Å²) in [5.41, 5.74) is 3.44. The third kappa shape index (κ3) is 3.43. The van der Waals surface area contributed by atoms with Crippen molar-refractivity contribution in [1.82, 2.24) is 9.97 Å². The maximum absolute atomic E-state index is 9.25. The average molecular weight is 273 g/mol. The van der Waals surface area contributed by atoms with Gasteiger partial charge in [0.1, 0.15) is 11.6 Å². The normalized spacial score (nSPS) is 11.9. The molecule has 6 heteroatoms. The van der Waals surface area contributed by atoms with Crippen molar-refractivity contribution in [2.24, 2.45) is 5.84 Å². The van der Waals surface area contributed by atoms with Gasteiger partial charge in [0.15, 0.2) is 5.82 Å². The Bertz CT molecular complexity index is 543. The zero-order chi connectivity index (χ0) is 14.4. The molecule has 1 unspecified atom stereocenters. The van der Waals surface area contributed by atoms with Gasteiger partial charge in [-0.15, -0.1) is 0 Å². The van der Waals surface area contributed by atoms with Crippen LogP contribution in [0.2, 0.25) is 0 Å². The van der Waals surface area contributed by atoms with Gasteiger partial charge in [0, 0.05) is 11.6 Å². The Kier molecular flexibility index (Phi) is 4.86. The van der Waals surface area contributed by atoms with Crippen molar-refractivity contribution >= 4 is 11.6 Å². The van der Waals surface area contributed by atoms with E-state index in [1.807, 2.05) is 37.3 Å². The molecule has 20 heavy (non-hydrogen) atoms. The fraction of sp³-hybridized carbons (Fsp3) is 0.286. The molecule has 0 aliphatic carbocycles. The average Bonchev–Trinajstić information content (AvgIpc) is 2.53. The molecule has 0 spiro atoms. The number of nitrogens with two attached hydrogens (primary N) is 1. The van der Waals surface area contributed by atoms with E-state index in [0.29, 0.717) is 17.5 Å². The van der Waals surface area contributed by atoms with Gasteiger partial charge in [-0.05, 0) is 6.42 Å². The summed E-state index contributed by atoms with van der Waals surface area (Å²) in [6.45, 7) is 2.04. The minimum absolute atomic E-state index is 0.0425. The highest BCUT2D eigenvalue weighted by Gasteiger charge is 2.09. The van der Waals surface area contributed by atoms with Gasteiger partial charge < -0.3 is 15.8 Å². The number of rotatable bonds is 6. The van der Waals surface area contributed by atoms with Crippen LogP contribution in [-0.2, 0) is 0 Å². The van der Waals surface area contributed by atoms with Crippen molar-refractivity contribution in [3.63, 3.8) is 0 Å². The quantitative estimate of drug-likeness (QED) is 0.472. The Morgan fingerprint density at radius 1 is 1.20 bits per heavy atom. The van der Waals surface area contributed by atoms with Crippen molar-refractivity contribution in [2.45, 2.75) is 19.4 Å². The first-order valence-corrected chi connectivity index (χ1v) is 6.55. The Hall–Kier alpha value is -2.18. The van der Waals surface area contributed by atoms with Crippen LogP contribution in [-0.4, -0.2) is 27.7 Å². The lowest BCUT2D eigenvalue weighted by Gasteiger charge is -2.16. The number of anilines is 2. The van der Waals surface area contributed by atoms with Crippen molar-refractivity contribution in [3.05, 3.63) is 36.4 Å². The molecule has 2 aromatic rings. The predicted molar refractivity (Wildman–Crippen MR) is 80.1 cm³/mol. The number of nitrogens with one attached hydrogen (secondary N) is 2. The molecule has 5 N–H and O–H groups in total. The zero-order valence-electron chi connectivity index (χ0n) is 11.4. The van der Waals surface area contributed by atoms with E-state index in [4.69, 9.17) is 5.84 Å². The number of hydrazine groups is 1. The molecule has 1 aromatic heterocycles. The molecule has 1 atom stereocenters. The summed E-state index contributed by atoms with van der Waals surface area (Å²) >= 11 is 0. The Balaban J connectivity index is 2.34. The van der Waals surface area contributed by atoms with Crippen LogP contribution < -0.4 is 16.6 Å². The predicted octanol–water partition coefficient (Wildman–Crippen LogP) is 1.61. The van der Waals surface area contributed by atoms with Crippen LogP contribution >= 0.6 is 0 Å². The minimum atomic E-state index is -0.0425. The van der Waals surface area contributed by atoms with Gasteiger partial charge in [-0.1, -0.05) is 37.3 Å². The van der Waals surface area contributed by atoms with Crippen molar-refractivity contribution < 1.29 is 5.11 Å². The van der Waals surface area contributed by atoms with E-state index in [1.54, 1.807) is 6.07 Å². The fourth-order valence-corrected chi connectivity index (χ4v) is 1.80. The van der Waals surface area contributed by atoms with E-state index in [9.17, 15) is 5.11 Å². The molecule has 2 rings (SSSR count). The number of nitrogens with zero attached hydrogens (tertiary/aromatic N) is 2. The maximum atomic E-state index is 9.25. The molecule has 0 bridgehead atoms. The van der Waals surface area contributed by atoms with Crippen LogP contribution in [0.15, 0.2) is 36.4 Å². The van der Waals surface area contributed by atoms with Crippen LogP contribution in [0.5, 0.6) is 0 Å². The molecule has 0 saturated carbocycles. The molecule has 1 aromatic carbocycles. The standard InChI is InChI=1S/C14H19N5O/c1-2-11(9-20)16-12-8-13(19-15)18-14(17-12)10-6-4-3-5-7-10/h3-8,11,20H,2,9,15H2,1H3,(H2,16,17,18,19). The fourth-order valence-electron chi connectivity index (χ4n) is 1.80. The molecule has 0 aliphatic heterocycles. The number of hydrogen-bond acceptors (Lipinski definition) is 6. The van der Waals surface area contributed by atoms with Gasteiger partial charge >= 0.3 is 0 Å². The highest BCUT2D eigenvalue weighted by Crippen LogP contribution is 2.20. The first-order chi connectivity index (χ1) is 9.76. The van der Waals surface area contributed by atoms with Gasteiger partial charge in [-0.25, -0.2) is 15.8 Å². The smallest absolute Gasteiger partial charge is 0.163 e. The molecule has 0 fully saturated rings. The van der Waals surface area contributed by atoms with Gasteiger partial charge in [-0.3, -0.25) is 0 Å². The largest absolute Gasteiger partial charge is 0.394 e. The molecular weight excluding hydrogens is 254 g/mol. The van der Waals surface area contributed by atoms with Crippen molar-refractivity contribution in [1.29, 1.82) is 0 Å². The van der Waals surface area contributed by atoms with Gasteiger partial charge in [0.25, 0.3) is 0 Å². The Morgan fingerprint density at radius 2 is 1.90 bits per heavy atom. The number of benzene rings is 1. The molecule has 106 valence electrons. The zero-order valence-corrected chi connectivity index (χ0v) is 11.4. The van der Waals surface area contributed by atoms with Crippen molar-refractivity contribution in [2.75, 3.05) is 17.3 Å². The minimum Gasteiger partial charge on any atom is -0.394 e. The summed E-state index contributed by atoms with van der Waals surface area (Å²) in [6.07, 6.45) is 0.798. The number of hydrogen-bond donors (Lipinski definition) is 4. The molecule has 0 amide bonds. The number of aliphatic hydroxyl groups is 1. The van der Waals surface area contributed by atoms with Crippen LogP contribution in [0, 0.1) is 0 Å². The monoisotopic (exact) mass is 273 g/mol. The summed E-state index contributed by atoms with van der Waals surface area (Å²) in [4.78, 5) is 8.79. The van der Waals surface area contributed by atoms with Gasteiger partial charge in [-0.2, -0.15) is 0 Å². The molecule has 1 heterocycles. The van der Waals surface area contributed by atoms with E-state index in [0.717, 1.165) is 12.0 Å². The highest BCUT2D eigenvalue weighted by molar-refractivity contribution is 5.61. The topological polar surface area (TPSA) is 96.1 Å². The number of aromatic nitrogens is 2. The molecule has 0 radical (unpaired) electrons. The van der Waals surface area contributed by atoms with Crippen LogP contribution in [0.1, 0.15) is 13.3 Å². The SMILES string of the molecule is CCC(CO)Nc1cc(NN)nc(-c2ccccc2)n1. The third-order valence-electron chi connectivity index (χ3n) is 2.97. The number of aliphatic hydroxyl groups excluding tert-OH is 1. The summed E-state index contributed by atoms with van der Waals surface area (Å²) in [7, 11) is 0. The van der Waals surface area contributed by atoms with E-state index in [1.165, 1.54) is 0 Å². The highest BCUT2D eigenvalue weighted by atomic mass is 16.3. The summed E-state index contributed by atoms with van der Waals surface area (Å²) in [6, 6.07) is 11.3. The van der Waals surface area contributed by atoms with Crippen LogP contribution in [0.25, 0.3) is 11.4 Å². The third-order valence-corrected chi connectivity index (χ3v) is 2.97. The van der Waals surface area contributed by atoms with Crippen molar-refractivity contribution in [3.8, 4) is 11.4 Å². The molecule has 6 nitrogen and oxygen atoms in total. The molecule has 0 saturated heterocycles. The Morgan fingerprint density at radius 3 is 2.50 bits per heavy atom. The van der Waals surface area contributed by atoms with Crippen LogP contribution in [0.3, 0.4) is 0 Å². The summed E-state index contributed by atoms with van der Waals surface area (Å²) < 4.78 is 0. The van der Waals surface area contributed by atoms with E-state index >= 15 is 0 Å². The number of nitrogen functional groups attached to an aromatic ring is 1. The lowest BCUT2D eigenvalue weighted by Crippen LogP contribution is -2.23. The second-order valence-electron chi connectivity index (χ2n) is 4.40. The van der Waals surface area contributed by atoms with E-state index in [2.05, 4.69) is 20.7 Å². The first kappa shape index (κ1) is 14.2. The summed E-state index contributed by atoms with van der Waals surface area (Å²) in [5, 5.41) is 12.4. The maximum Gasteiger partial charge on any atom is 0.163 e. The molecular formula is C14H19N5O. The summed E-state index contributed by atoms with van der Waals surface area (Å²) in [5.74, 6) is 7.18. The second-order valence-corrected chi connectivity index (χ2v) is 4.40. The molecule has 0 aliphatic rings. The van der Waals surface area contributed by atoms with E-state index in [-0.39, 0.29) is 12.6 Å². The second kappa shape index (κ2) is 6.83. The van der Waals surface area contributed by atoms with Gasteiger partial charge in [0.05, 0.1) is 12.6 Å².